The number of nitrogens with two attached hydrogens (primary N) is 1. The normalized spacial score (nSPS) is 23.5. The number of hydrogen-bond acceptors (Lipinski definition) is 3. The summed E-state index contributed by atoms with van der Waals surface area (Å²) in [5.74, 6) is 0.658. The molecule has 2 heterocycles. The molecule has 1 aliphatic rings. The van der Waals surface area contributed by atoms with Crippen LogP contribution in [0.15, 0.2) is 47.2 Å². The van der Waals surface area contributed by atoms with Gasteiger partial charge in [-0.3, -0.25) is 0 Å². The molecular formula is C16H20N2S. The van der Waals surface area contributed by atoms with Crippen molar-refractivity contribution in [2.24, 2.45) is 11.7 Å². The summed E-state index contributed by atoms with van der Waals surface area (Å²) in [4.78, 5) is 2.44. The van der Waals surface area contributed by atoms with Gasteiger partial charge in [-0.1, -0.05) is 30.3 Å². The Balaban J connectivity index is 1.69. The molecule has 2 nitrogen and oxygen atoms in total. The molecule has 0 amide bonds. The zero-order chi connectivity index (χ0) is 13.1. The quantitative estimate of drug-likeness (QED) is 0.930. The third-order valence-corrected chi connectivity index (χ3v) is 4.48. The highest BCUT2D eigenvalue weighted by atomic mass is 32.1. The van der Waals surface area contributed by atoms with Crippen LogP contribution < -0.4 is 10.6 Å². The number of nitrogens with zero attached hydrogens (tertiary/aromatic N) is 1. The molecule has 100 valence electrons. The Hall–Kier alpha value is -1.32. The van der Waals surface area contributed by atoms with E-state index in [4.69, 9.17) is 5.73 Å². The molecule has 3 rings (SSSR count). The molecule has 1 saturated heterocycles. The van der Waals surface area contributed by atoms with Gasteiger partial charge in [-0.25, -0.2) is 0 Å². The topological polar surface area (TPSA) is 29.3 Å². The van der Waals surface area contributed by atoms with E-state index in [1.807, 2.05) is 0 Å². The molecule has 2 aromatic rings. The first kappa shape index (κ1) is 12.7. The van der Waals surface area contributed by atoms with Crippen molar-refractivity contribution >= 4 is 17.0 Å². The summed E-state index contributed by atoms with van der Waals surface area (Å²) in [6.07, 6.45) is 2.27. The summed E-state index contributed by atoms with van der Waals surface area (Å²) in [7, 11) is 0. The Morgan fingerprint density at radius 3 is 2.74 bits per heavy atom. The highest BCUT2D eigenvalue weighted by Gasteiger charge is 2.25. The van der Waals surface area contributed by atoms with E-state index in [-0.39, 0.29) is 0 Å². The third kappa shape index (κ3) is 3.17. The van der Waals surface area contributed by atoms with E-state index in [0.29, 0.717) is 12.0 Å². The lowest BCUT2D eigenvalue weighted by atomic mass is 9.89. The molecule has 3 heteroatoms. The fraction of sp³-hybridized carbons (Fsp3) is 0.375. The molecule has 0 radical (unpaired) electrons. The number of anilines is 1. The van der Waals surface area contributed by atoms with E-state index >= 15 is 0 Å². The van der Waals surface area contributed by atoms with Crippen LogP contribution in [0.2, 0.25) is 0 Å². The first-order chi connectivity index (χ1) is 9.31. The molecule has 0 aliphatic carbocycles. The van der Waals surface area contributed by atoms with Crippen LogP contribution in [0.4, 0.5) is 5.69 Å². The zero-order valence-corrected chi connectivity index (χ0v) is 11.9. The van der Waals surface area contributed by atoms with Crippen LogP contribution in [0.25, 0.3) is 0 Å². The van der Waals surface area contributed by atoms with Crippen LogP contribution in [0, 0.1) is 5.92 Å². The summed E-state index contributed by atoms with van der Waals surface area (Å²) in [5.41, 5.74) is 8.99. The van der Waals surface area contributed by atoms with E-state index in [2.05, 4.69) is 52.1 Å². The molecule has 1 fully saturated rings. The first-order valence-electron chi connectivity index (χ1n) is 6.88. The van der Waals surface area contributed by atoms with Crippen LogP contribution in [0.3, 0.4) is 0 Å². The molecule has 2 unspecified atom stereocenters. The van der Waals surface area contributed by atoms with Gasteiger partial charge in [-0.2, -0.15) is 11.3 Å². The van der Waals surface area contributed by atoms with Crippen molar-refractivity contribution in [1.29, 1.82) is 0 Å². The zero-order valence-electron chi connectivity index (χ0n) is 11.0. The molecule has 19 heavy (non-hydrogen) atoms. The van der Waals surface area contributed by atoms with E-state index in [1.165, 1.54) is 11.3 Å². The fourth-order valence-electron chi connectivity index (χ4n) is 2.99. The summed E-state index contributed by atoms with van der Waals surface area (Å²) < 4.78 is 0. The average molecular weight is 272 g/mol. The summed E-state index contributed by atoms with van der Waals surface area (Å²) in [6, 6.07) is 13.2. The fourth-order valence-corrected chi connectivity index (χ4v) is 3.65. The van der Waals surface area contributed by atoms with Crippen molar-refractivity contribution in [2.75, 3.05) is 18.0 Å². The van der Waals surface area contributed by atoms with Gasteiger partial charge in [-0.05, 0) is 35.8 Å². The summed E-state index contributed by atoms with van der Waals surface area (Å²) >= 11 is 1.76. The summed E-state index contributed by atoms with van der Waals surface area (Å²) in [5, 5.41) is 4.36. The van der Waals surface area contributed by atoms with Crippen LogP contribution in [-0.4, -0.2) is 19.1 Å². The number of thiophene rings is 1. The first-order valence-corrected chi connectivity index (χ1v) is 7.82. The highest BCUT2D eigenvalue weighted by Crippen LogP contribution is 2.26. The Morgan fingerprint density at radius 2 is 2.00 bits per heavy atom. The lowest BCUT2D eigenvalue weighted by Gasteiger charge is -2.37. The van der Waals surface area contributed by atoms with Gasteiger partial charge < -0.3 is 10.6 Å². The predicted octanol–water partition coefficient (Wildman–Crippen LogP) is 3.14. The van der Waals surface area contributed by atoms with Crippen LogP contribution in [0.5, 0.6) is 0 Å². The smallest absolute Gasteiger partial charge is 0.0475 e. The van der Waals surface area contributed by atoms with Crippen LogP contribution in [0.1, 0.15) is 12.0 Å². The molecular weight excluding hydrogens is 252 g/mol. The van der Waals surface area contributed by atoms with Crippen molar-refractivity contribution in [3.63, 3.8) is 0 Å². The van der Waals surface area contributed by atoms with Gasteiger partial charge in [0.15, 0.2) is 0 Å². The summed E-state index contributed by atoms with van der Waals surface area (Å²) in [6.45, 7) is 2.11. The van der Waals surface area contributed by atoms with Crippen LogP contribution >= 0.6 is 11.3 Å². The Bertz CT molecular complexity index is 495. The average Bonchev–Trinajstić information content (AvgIpc) is 2.93. The number of piperidine rings is 1. The Morgan fingerprint density at radius 1 is 1.16 bits per heavy atom. The maximum atomic E-state index is 6.24. The van der Waals surface area contributed by atoms with E-state index in [9.17, 15) is 0 Å². The van der Waals surface area contributed by atoms with Gasteiger partial charge >= 0.3 is 0 Å². The molecule has 0 spiro atoms. The van der Waals surface area contributed by atoms with E-state index < -0.39 is 0 Å². The van der Waals surface area contributed by atoms with Crippen molar-refractivity contribution in [2.45, 2.75) is 18.9 Å². The second kappa shape index (κ2) is 5.76. The van der Waals surface area contributed by atoms with Crippen molar-refractivity contribution < 1.29 is 0 Å². The van der Waals surface area contributed by atoms with Gasteiger partial charge in [0, 0.05) is 30.2 Å². The third-order valence-electron chi connectivity index (χ3n) is 3.81. The Kier molecular flexibility index (Phi) is 3.85. The maximum Gasteiger partial charge on any atom is 0.0475 e. The maximum absolute atomic E-state index is 6.24. The second-order valence-electron chi connectivity index (χ2n) is 5.44. The molecule has 0 bridgehead atoms. The lowest BCUT2D eigenvalue weighted by Crippen LogP contribution is -2.47. The molecule has 1 aromatic heterocycles. The second-order valence-corrected chi connectivity index (χ2v) is 6.22. The molecule has 2 N–H and O–H groups in total. The number of rotatable bonds is 3. The molecule has 1 aromatic carbocycles. The minimum Gasteiger partial charge on any atom is -0.369 e. The van der Waals surface area contributed by atoms with Gasteiger partial charge in [0.05, 0.1) is 0 Å². The number of hydrogen-bond donors (Lipinski definition) is 1. The van der Waals surface area contributed by atoms with Crippen molar-refractivity contribution in [3.05, 3.63) is 52.7 Å². The standard InChI is InChI=1S/C16H20N2S/c17-15-9-14(8-13-4-2-1-3-5-13)10-18(11-15)16-6-7-19-12-16/h1-7,12,14-15H,8-11,17H2. The molecule has 2 atom stereocenters. The molecule has 0 saturated carbocycles. The SMILES string of the molecule is NC1CC(Cc2ccccc2)CN(c2ccsc2)C1. The predicted molar refractivity (Wildman–Crippen MR) is 82.8 cm³/mol. The van der Waals surface area contributed by atoms with Gasteiger partial charge in [0.2, 0.25) is 0 Å². The largest absolute Gasteiger partial charge is 0.369 e. The monoisotopic (exact) mass is 272 g/mol. The highest BCUT2D eigenvalue weighted by molar-refractivity contribution is 7.08. The van der Waals surface area contributed by atoms with Crippen molar-refractivity contribution in [1.82, 2.24) is 0 Å². The molecule has 1 aliphatic heterocycles. The minimum atomic E-state index is 0.294. The minimum absolute atomic E-state index is 0.294. The van der Waals surface area contributed by atoms with E-state index in [1.54, 1.807) is 11.3 Å². The lowest BCUT2D eigenvalue weighted by molar-refractivity contribution is 0.375. The van der Waals surface area contributed by atoms with Gasteiger partial charge in [0.25, 0.3) is 0 Å². The number of benzene rings is 1. The van der Waals surface area contributed by atoms with Gasteiger partial charge in [-0.15, -0.1) is 0 Å². The van der Waals surface area contributed by atoms with Crippen molar-refractivity contribution in [3.8, 4) is 0 Å². The van der Waals surface area contributed by atoms with E-state index in [0.717, 1.165) is 25.9 Å². The van der Waals surface area contributed by atoms with Crippen LogP contribution in [-0.2, 0) is 6.42 Å². The van der Waals surface area contributed by atoms with Gasteiger partial charge in [0.1, 0.15) is 0 Å². The Labute approximate surface area is 118 Å².